The lowest BCUT2D eigenvalue weighted by Crippen LogP contribution is -2.30. The van der Waals surface area contributed by atoms with Crippen molar-refractivity contribution in [1.29, 1.82) is 0 Å². The molecule has 7 heteroatoms. The number of nitrogens with two attached hydrogens (primary N) is 1. The van der Waals surface area contributed by atoms with E-state index in [0.717, 1.165) is 5.56 Å². The van der Waals surface area contributed by atoms with Crippen molar-refractivity contribution in [2.75, 3.05) is 39.6 Å². The van der Waals surface area contributed by atoms with E-state index in [0.29, 0.717) is 24.7 Å². The van der Waals surface area contributed by atoms with Gasteiger partial charge in [0.15, 0.2) is 0 Å². The number of likely N-dealkylation sites (N-methyl/N-ethyl adjacent to an activating group) is 1. The predicted octanol–water partition coefficient (Wildman–Crippen LogP) is 1.24. The highest BCUT2D eigenvalue weighted by molar-refractivity contribution is 7.89. The minimum Gasteiger partial charge on any atom is -0.495 e. The monoisotopic (exact) mass is 302 g/mol. The molecule has 1 rings (SSSR count). The maximum absolute atomic E-state index is 12.5. The molecule has 0 aliphatic heterocycles. The Morgan fingerprint density at radius 1 is 1.35 bits per heavy atom. The van der Waals surface area contributed by atoms with Gasteiger partial charge >= 0.3 is 0 Å². The molecule has 0 amide bonds. The Hall–Kier alpha value is -1.31. The van der Waals surface area contributed by atoms with E-state index in [4.69, 9.17) is 15.2 Å². The standard InChI is InChI=1S/C13H22N2O4S/c1-5-19-7-6-15(3)20(16,17)13-9-11(14)10(2)8-12(13)18-4/h8-9H,5-7,14H2,1-4H3. The van der Waals surface area contributed by atoms with Gasteiger partial charge in [-0.2, -0.15) is 4.31 Å². The normalized spacial score (nSPS) is 11.8. The summed E-state index contributed by atoms with van der Waals surface area (Å²) < 4.78 is 36.6. The highest BCUT2D eigenvalue weighted by Gasteiger charge is 2.25. The summed E-state index contributed by atoms with van der Waals surface area (Å²) in [5, 5.41) is 0. The van der Waals surface area contributed by atoms with E-state index in [-0.39, 0.29) is 11.4 Å². The lowest BCUT2D eigenvalue weighted by atomic mass is 10.2. The van der Waals surface area contributed by atoms with E-state index in [1.165, 1.54) is 24.5 Å². The lowest BCUT2D eigenvalue weighted by Gasteiger charge is -2.19. The molecule has 6 nitrogen and oxygen atoms in total. The smallest absolute Gasteiger partial charge is 0.246 e. The van der Waals surface area contributed by atoms with E-state index in [2.05, 4.69) is 0 Å². The minimum atomic E-state index is -3.65. The van der Waals surface area contributed by atoms with Crippen LogP contribution in [-0.4, -0.2) is 46.6 Å². The Labute approximate surface area is 120 Å². The molecule has 1 aromatic rings. The average Bonchev–Trinajstić information content (AvgIpc) is 2.41. The van der Waals surface area contributed by atoms with Gasteiger partial charge in [0.2, 0.25) is 10.0 Å². The molecule has 20 heavy (non-hydrogen) atoms. The maximum Gasteiger partial charge on any atom is 0.246 e. The highest BCUT2D eigenvalue weighted by Crippen LogP contribution is 2.30. The third-order valence-corrected chi connectivity index (χ3v) is 4.87. The van der Waals surface area contributed by atoms with Crippen molar-refractivity contribution in [1.82, 2.24) is 4.31 Å². The number of hydrogen-bond acceptors (Lipinski definition) is 5. The summed E-state index contributed by atoms with van der Waals surface area (Å²) in [6.45, 7) is 4.82. The summed E-state index contributed by atoms with van der Waals surface area (Å²) in [6, 6.07) is 3.05. The first-order chi connectivity index (χ1) is 9.34. The van der Waals surface area contributed by atoms with Crippen LogP contribution in [0.1, 0.15) is 12.5 Å². The third-order valence-electron chi connectivity index (χ3n) is 3.00. The number of nitrogen functional groups attached to an aromatic ring is 1. The Morgan fingerprint density at radius 2 is 2.00 bits per heavy atom. The van der Waals surface area contributed by atoms with Gasteiger partial charge in [0.25, 0.3) is 0 Å². The van der Waals surface area contributed by atoms with Crippen LogP contribution < -0.4 is 10.5 Å². The molecule has 0 saturated carbocycles. The molecule has 0 aromatic heterocycles. The van der Waals surface area contributed by atoms with Crippen LogP contribution in [0.2, 0.25) is 0 Å². The Balaban J connectivity index is 3.11. The van der Waals surface area contributed by atoms with Crippen molar-refractivity contribution >= 4 is 15.7 Å². The van der Waals surface area contributed by atoms with Crippen LogP contribution in [0.4, 0.5) is 5.69 Å². The van der Waals surface area contributed by atoms with Crippen molar-refractivity contribution in [2.45, 2.75) is 18.7 Å². The van der Waals surface area contributed by atoms with Crippen LogP contribution in [0.3, 0.4) is 0 Å². The van der Waals surface area contributed by atoms with Crippen LogP contribution in [0.5, 0.6) is 5.75 Å². The molecule has 0 spiro atoms. The SMILES string of the molecule is CCOCCN(C)S(=O)(=O)c1cc(N)c(C)cc1OC. The maximum atomic E-state index is 12.5. The number of rotatable bonds is 7. The van der Waals surface area contributed by atoms with E-state index in [9.17, 15) is 8.42 Å². The third kappa shape index (κ3) is 3.62. The topological polar surface area (TPSA) is 81.9 Å². The van der Waals surface area contributed by atoms with Gasteiger partial charge in [-0.05, 0) is 31.5 Å². The van der Waals surface area contributed by atoms with Gasteiger partial charge < -0.3 is 15.2 Å². The van der Waals surface area contributed by atoms with E-state index < -0.39 is 10.0 Å². The Bertz CT molecular complexity index is 558. The summed E-state index contributed by atoms with van der Waals surface area (Å²) in [7, 11) is -0.715. The number of methoxy groups -OCH3 is 1. The van der Waals surface area contributed by atoms with Gasteiger partial charge in [-0.25, -0.2) is 8.42 Å². The first kappa shape index (κ1) is 16.7. The zero-order valence-electron chi connectivity index (χ0n) is 12.3. The zero-order valence-corrected chi connectivity index (χ0v) is 13.2. The molecule has 0 unspecified atom stereocenters. The molecular formula is C13H22N2O4S. The van der Waals surface area contributed by atoms with Crippen molar-refractivity contribution in [3.8, 4) is 5.75 Å². The van der Waals surface area contributed by atoms with Crippen LogP contribution in [-0.2, 0) is 14.8 Å². The summed E-state index contributed by atoms with van der Waals surface area (Å²) in [4.78, 5) is 0.0714. The molecule has 0 saturated heterocycles. The first-order valence-corrected chi connectivity index (χ1v) is 7.76. The van der Waals surface area contributed by atoms with Gasteiger partial charge in [0, 0.05) is 25.9 Å². The molecule has 114 valence electrons. The lowest BCUT2D eigenvalue weighted by molar-refractivity contribution is 0.138. The summed E-state index contributed by atoms with van der Waals surface area (Å²) in [5.41, 5.74) is 6.99. The number of hydrogen-bond donors (Lipinski definition) is 1. The van der Waals surface area contributed by atoms with E-state index >= 15 is 0 Å². The summed E-state index contributed by atoms with van der Waals surface area (Å²) in [5.74, 6) is 0.292. The van der Waals surface area contributed by atoms with Crippen molar-refractivity contribution in [3.63, 3.8) is 0 Å². The molecule has 0 fully saturated rings. The second kappa shape index (κ2) is 6.92. The minimum absolute atomic E-state index is 0.0714. The van der Waals surface area contributed by atoms with Crippen molar-refractivity contribution in [3.05, 3.63) is 17.7 Å². The molecule has 0 aliphatic carbocycles. The Kier molecular flexibility index (Phi) is 5.79. The Morgan fingerprint density at radius 3 is 2.55 bits per heavy atom. The number of aryl methyl sites for hydroxylation is 1. The molecular weight excluding hydrogens is 280 g/mol. The van der Waals surface area contributed by atoms with Gasteiger partial charge in [0.05, 0.1) is 13.7 Å². The number of anilines is 1. The highest BCUT2D eigenvalue weighted by atomic mass is 32.2. The molecule has 0 aliphatic rings. The van der Waals surface area contributed by atoms with Crippen LogP contribution in [0.25, 0.3) is 0 Å². The zero-order chi connectivity index (χ0) is 15.3. The number of sulfonamides is 1. The largest absolute Gasteiger partial charge is 0.495 e. The van der Waals surface area contributed by atoms with E-state index in [1.807, 2.05) is 6.92 Å². The molecule has 0 atom stereocenters. The molecule has 1 aromatic carbocycles. The first-order valence-electron chi connectivity index (χ1n) is 6.32. The molecule has 0 heterocycles. The van der Waals surface area contributed by atoms with Gasteiger partial charge in [-0.3, -0.25) is 0 Å². The van der Waals surface area contributed by atoms with Crippen molar-refractivity contribution < 1.29 is 17.9 Å². The second-order valence-corrected chi connectivity index (χ2v) is 6.40. The van der Waals surface area contributed by atoms with Gasteiger partial charge in [-0.15, -0.1) is 0 Å². The van der Waals surface area contributed by atoms with E-state index in [1.54, 1.807) is 13.0 Å². The summed E-state index contributed by atoms with van der Waals surface area (Å²) >= 11 is 0. The number of benzene rings is 1. The fourth-order valence-corrected chi connectivity index (χ4v) is 2.99. The molecule has 2 N–H and O–H groups in total. The molecule has 0 radical (unpaired) electrons. The number of nitrogens with zero attached hydrogens (tertiary/aromatic N) is 1. The average molecular weight is 302 g/mol. The van der Waals surface area contributed by atoms with Gasteiger partial charge in [0.1, 0.15) is 10.6 Å². The fraction of sp³-hybridized carbons (Fsp3) is 0.538. The predicted molar refractivity (Wildman–Crippen MR) is 78.5 cm³/mol. The van der Waals surface area contributed by atoms with Crippen LogP contribution in [0, 0.1) is 6.92 Å². The second-order valence-electron chi connectivity index (χ2n) is 4.38. The molecule has 0 bridgehead atoms. The fourth-order valence-electron chi connectivity index (χ4n) is 1.66. The van der Waals surface area contributed by atoms with Crippen LogP contribution >= 0.6 is 0 Å². The van der Waals surface area contributed by atoms with Crippen LogP contribution in [0.15, 0.2) is 17.0 Å². The number of ether oxygens (including phenoxy) is 2. The van der Waals surface area contributed by atoms with Gasteiger partial charge in [-0.1, -0.05) is 0 Å². The van der Waals surface area contributed by atoms with Crippen molar-refractivity contribution in [2.24, 2.45) is 0 Å². The summed E-state index contributed by atoms with van der Waals surface area (Å²) in [6.07, 6.45) is 0. The quantitative estimate of drug-likeness (QED) is 0.605.